The molecule has 1 spiro atoms. The lowest BCUT2D eigenvalue weighted by Crippen LogP contribution is -2.48. The Morgan fingerprint density at radius 1 is 1.19 bits per heavy atom. The third kappa shape index (κ3) is 4.37. The number of thiophene rings is 1. The van der Waals surface area contributed by atoms with E-state index in [4.69, 9.17) is 0 Å². The van der Waals surface area contributed by atoms with E-state index in [1.54, 1.807) is 22.8 Å². The van der Waals surface area contributed by atoms with Crippen LogP contribution in [0, 0.1) is 11.2 Å². The number of nitrogens with zero attached hydrogens (tertiary/aromatic N) is 2. The zero-order chi connectivity index (χ0) is 21.3. The molecular formula is C23H25FN4OS2. The van der Waals surface area contributed by atoms with Gasteiger partial charge in [-0.1, -0.05) is 6.07 Å². The summed E-state index contributed by atoms with van der Waals surface area (Å²) in [6.07, 6.45) is 4.67. The van der Waals surface area contributed by atoms with Gasteiger partial charge >= 0.3 is 0 Å². The second kappa shape index (κ2) is 8.68. The van der Waals surface area contributed by atoms with Gasteiger partial charge in [-0.25, -0.2) is 9.37 Å². The van der Waals surface area contributed by atoms with Crippen molar-refractivity contribution < 1.29 is 9.18 Å². The van der Waals surface area contributed by atoms with Gasteiger partial charge in [0.15, 0.2) is 0 Å². The number of carbonyl (C=O) groups is 1. The molecule has 2 aromatic heterocycles. The minimum Gasteiger partial charge on any atom is -0.369 e. The highest BCUT2D eigenvalue weighted by Crippen LogP contribution is 2.41. The molecule has 0 aliphatic carbocycles. The van der Waals surface area contributed by atoms with Crippen LogP contribution in [-0.4, -0.2) is 37.1 Å². The Kier molecular flexibility index (Phi) is 5.77. The van der Waals surface area contributed by atoms with E-state index in [9.17, 15) is 9.18 Å². The van der Waals surface area contributed by atoms with Gasteiger partial charge in [-0.05, 0) is 73.8 Å². The van der Waals surface area contributed by atoms with Crippen LogP contribution in [0.15, 0.2) is 41.1 Å². The quantitative estimate of drug-likeness (QED) is 0.564. The Bertz CT molecular complexity index is 1050. The van der Waals surface area contributed by atoms with Gasteiger partial charge in [0.2, 0.25) is 0 Å². The molecular weight excluding hydrogens is 431 g/mol. The summed E-state index contributed by atoms with van der Waals surface area (Å²) in [5, 5.41) is 11.0. The SMILES string of the molecule is O=C(Nc1cc(F)ccc1N1CCCC2(CCNCC2)C1)c1csc(-c2cccs2)n1. The fourth-order valence-corrected chi connectivity index (χ4v) is 6.35. The summed E-state index contributed by atoms with van der Waals surface area (Å²) in [6.45, 7) is 3.97. The van der Waals surface area contributed by atoms with Crippen LogP contribution in [0.3, 0.4) is 0 Å². The van der Waals surface area contributed by atoms with E-state index in [2.05, 4.69) is 20.5 Å². The summed E-state index contributed by atoms with van der Waals surface area (Å²) in [6, 6.07) is 8.65. The van der Waals surface area contributed by atoms with E-state index in [0.717, 1.165) is 61.0 Å². The van der Waals surface area contributed by atoms with Crippen molar-refractivity contribution in [1.82, 2.24) is 10.3 Å². The number of piperidine rings is 2. The first kappa shape index (κ1) is 20.6. The lowest BCUT2D eigenvalue weighted by atomic mass is 9.73. The van der Waals surface area contributed by atoms with Crippen LogP contribution < -0.4 is 15.5 Å². The summed E-state index contributed by atoms with van der Waals surface area (Å²) < 4.78 is 14.1. The maximum atomic E-state index is 14.1. The van der Waals surface area contributed by atoms with Crippen molar-refractivity contribution in [3.63, 3.8) is 0 Å². The number of hydrogen-bond acceptors (Lipinski definition) is 6. The minimum atomic E-state index is -0.356. The maximum Gasteiger partial charge on any atom is 0.275 e. The normalized spacial score (nSPS) is 18.3. The topological polar surface area (TPSA) is 57.3 Å². The molecule has 4 heterocycles. The number of nitrogens with one attached hydrogen (secondary N) is 2. The molecule has 2 N–H and O–H groups in total. The molecule has 1 aromatic carbocycles. The van der Waals surface area contributed by atoms with Crippen LogP contribution in [0.1, 0.15) is 36.2 Å². The minimum absolute atomic E-state index is 0.306. The first-order chi connectivity index (χ1) is 15.1. The highest BCUT2D eigenvalue weighted by Gasteiger charge is 2.37. The van der Waals surface area contributed by atoms with Gasteiger partial charge < -0.3 is 15.5 Å². The third-order valence-corrected chi connectivity index (χ3v) is 8.22. The molecule has 31 heavy (non-hydrogen) atoms. The predicted molar refractivity (Wildman–Crippen MR) is 126 cm³/mol. The molecule has 0 bridgehead atoms. The van der Waals surface area contributed by atoms with Crippen molar-refractivity contribution in [2.24, 2.45) is 5.41 Å². The smallest absolute Gasteiger partial charge is 0.275 e. The molecule has 5 rings (SSSR count). The third-order valence-electron chi connectivity index (χ3n) is 6.34. The molecule has 3 aromatic rings. The van der Waals surface area contributed by atoms with Gasteiger partial charge in [0.05, 0.1) is 16.3 Å². The first-order valence-electron chi connectivity index (χ1n) is 10.7. The molecule has 2 aliphatic rings. The van der Waals surface area contributed by atoms with Crippen molar-refractivity contribution in [2.45, 2.75) is 25.7 Å². The maximum absolute atomic E-state index is 14.1. The summed E-state index contributed by atoms with van der Waals surface area (Å²) >= 11 is 3.04. The average Bonchev–Trinajstić information content (AvgIpc) is 3.46. The second-order valence-corrected chi connectivity index (χ2v) is 10.2. The summed E-state index contributed by atoms with van der Waals surface area (Å²) in [4.78, 5) is 20.8. The number of carbonyl (C=O) groups excluding carboxylic acids is 1. The van der Waals surface area contributed by atoms with E-state index in [1.807, 2.05) is 17.5 Å². The monoisotopic (exact) mass is 456 g/mol. The average molecular weight is 457 g/mol. The molecule has 0 atom stereocenters. The number of amides is 1. The number of hydrogen-bond donors (Lipinski definition) is 2. The van der Waals surface area contributed by atoms with E-state index >= 15 is 0 Å². The van der Waals surface area contributed by atoms with E-state index in [1.165, 1.54) is 29.9 Å². The molecule has 162 valence electrons. The van der Waals surface area contributed by atoms with Crippen molar-refractivity contribution in [1.29, 1.82) is 0 Å². The molecule has 0 radical (unpaired) electrons. The van der Waals surface area contributed by atoms with Crippen molar-refractivity contribution in [3.8, 4) is 9.88 Å². The Morgan fingerprint density at radius 2 is 2.06 bits per heavy atom. The van der Waals surface area contributed by atoms with Crippen LogP contribution >= 0.6 is 22.7 Å². The highest BCUT2D eigenvalue weighted by atomic mass is 32.1. The molecule has 2 saturated heterocycles. The largest absolute Gasteiger partial charge is 0.369 e. The van der Waals surface area contributed by atoms with Crippen LogP contribution in [0.2, 0.25) is 0 Å². The zero-order valence-electron chi connectivity index (χ0n) is 17.2. The van der Waals surface area contributed by atoms with Gasteiger partial charge in [-0.3, -0.25) is 4.79 Å². The van der Waals surface area contributed by atoms with Crippen LogP contribution in [0.25, 0.3) is 9.88 Å². The lowest BCUT2D eigenvalue weighted by molar-refractivity contribution is 0.102. The molecule has 8 heteroatoms. The molecule has 2 aliphatic heterocycles. The highest BCUT2D eigenvalue weighted by molar-refractivity contribution is 7.20. The number of thiazole rings is 1. The Hall–Kier alpha value is -2.29. The Labute approximate surface area is 189 Å². The summed E-state index contributed by atoms with van der Waals surface area (Å²) in [5.74, 6) is -0.662. The molecule has 1 amide bonds. The van der Waals surface area contributed by atoms with Crippen LogP contribution in [0.4, 0.5) is 15.8 Å². The Morgan fingerprint density at radius 3 is 2.87 bits per heavy atom. The van der Waals surface area contributed by atoms with Gasteiger partial charge in [-0.15, -0.1) is 22.7 Å². The molecule has 0 saturated carbocycles. The lowest BCUT2D eigenvalue weighted by Gasteiger charge is -2.46. The number of halogens is 1. The van der Waals surface area contributed by atoms with E-state index in [0.29, 0.717) is 16.8 Å². The Balaban J connectivity index is 1.37. The first-order valence-corrected chi connectivity index (χ1v) is 12.4. The number of rotatable bonds is 4. The van der Waals surface area contributed by atoms with Crippen LogP contribution in [0.5, 0.6) is 0 Å². The molecule has 5 nitrogen and oxygen atoms in total. The molecule has 0 unspecified atom stereocenters. The second-order valence-electron chi connectivity index (χ2n) is 8.41. The van der Waals surface area contributed by atoms with Crippen molar-refractivity contribution in [2.75, 3.05) is 36.4 Å². The van der Waals surface area contributed by atoms with E-state index < -0.39 is 0 Å². The summed E-state index contributed by atoms with van der Waals surface area (Å²) in [5.41, 5.74) is 2.07. The summed E-state index contributed by atoms with van der Waals surface area (Å²) in [7, 11) is 0. The fourth-order valence-electron chi connectivity index (χ4n) is 4.74. The van der Waals surface area contributed by atoms with Gasteiger partial charge in [0.25, 0.3) is 5.91 Å². The fraction of sp³-hybridized carbons (Fsp3) is 0.391. The van der Waals surface area contributed by atoms with Crippen LogP contribution in [-0.2, 0) is 0 Å². The zero-order valence-corrected chi connectivity index (χ0v) is 18.8. The predicted octanol–water partition coefficient (Wildman–Crippen LogP) is 5.23. The van der Waals surface area contributed by atoms with Crippen molar-refractivity contribution >= 4 is 40.0 Å². The van der Waals surface area contributed by atoms with E-state index in [-0.39, 0.29) is 11.7 Å². The van der Waals surface area contributed by atoms with Gasteiger partial charge in [0.1, 0.15) is 16.5 Å². The number of benzene rings is 1. The molecule has 2 fully saturated rings. The standard InChI is InChI=1S/C23H25FN4OS2/c24-16-4-5-19(28-11-2-6-23(15-28)7-9-25-10-8-23)17(13-16)26-21(29)18-14-31-22(27-18)20-3-1-12-30-20/h1,3-5,12-14,25H,2,6-11,15H2,(H,26,29). The van der Waals surface area contributed by atoms with Gasteiger partial charge in [-0.2, -0.15) is 0 Å². The number of aromatic nitrogens is 1. The van der Waals surface area contributed by atoms with Gasteiger partial charge in [0, 0.05) is 18.5 Å². The number of anilines is 2. The van der Waals surface area contributed by atoms with Crippen molar-refractivity contribution in [3.05, 3.63) is 52.6 Å².